The number of hydrogen-bond acceptors (Lipinski definition) is 3. The minimum absolute atomic E-state index is 0.00204. The molecular weight excluding hydrogens is 240 g/mol. The normalized spacial score (nSPS) is 23.3. The van der Waals surface area contributed by atoms with E-state index in [4.69, 9.17) is 0 Å². The Labute approximate surface area is 114 Å². The molecule has 0 radical (unpaired) electrons. The van der Waals surface area contributed by atoms with E-state index in [-0.39, 0.29) is 17.9 Å². The van der Waals surface area contributed by atoms with Crippen LogP contribution >= 0.6 is 0 Å². The molecule has 0 bridgehead atoms. The first kappa shape index (κ1) is 14.0. The van der Waals surface area contributed by atoms with Crippen molar-refractivity contribution >= 4 is 5.91 Å². The number of β-amino-alcohol motifs (C(OH)–C–C–N with tert-alkyl or cyclic N) is 1. The van der Waals surface area contributed by atoms with Crippen molar-refractivity contribution in [3.63, 3.8) is 0 Å². The minimum Gasteiger partial charge on any atom is -0.391 e. The van der Waals surface area contributed by atoms with E-state index in [1.54, 1.807) is 0 Å². The summed E-state index contributed by atoms with van der Waals surface area (Å²) < 4.78 is 0. The number of hydrogen-bond donors (Lipinski definition) is 3. The van der Waals surface area contributed by atoms with Crippen LogP contribution in [-0.2, 0) is 10.2 Å². The fourth-order valence-electron chi connectivity index (χ4n) is 2.36. The van der Waals surface area contributed by atoms with Crippen molar-refractivity contribution in [2.24, 2.45) is 5.92 Å². The molecular formula is C15H22N2O2. The molecule has 0 saturated carbocycles. The zero-order chi connectivity index (χ0) is 13.9. The highest BCUT2D eigenvalue weighted by atomic mass is 16.3. The smallest absolute Gasteiger partial charge is 0.230 e. The Morgan fingerprint density at radius 2 is 2.05 bits per heavy atom. The van der Waals surface area contributed by atoms with Crippen LogP contribution in [0.2, 0.25) is 0 Å². The van der Waals surface area contributed by atoms with Crippen LogP contribution in [-0.4, -0.2) is 36.8 Å². The molecule has 0 spiro atoms. The summed E-state index contributed by atoms with van der Waals surface area (Å²) in [7, 11) is 0. The number of nitrogens with one attached hydrogen (secondary N) is 2. The number of carbonyl (C=O) groups is 1. The Morgan fingerprint density at radius 3 is 2.63 bits per heavy atom. The van der Waals surface area contributed by atoms with Gasteiger partial charge in [0.1, 0.15) is 0 Å². The maximum atomic E-state index is 12.3. The average Bonchev–Trinajstić information content (AvgIpc) is 2.82. The van der Waals surface area contributed by atoms with Crippen LogP contribution in [0.15, 0.2) is 30.3 Å². The SMILES string of the molecule is CC(C)(C(=O)NCC1CNCC1O)c1ccccc1. The Bertz CT molecular complexity index is 431. The molecule has 1 aliphatic rings. The van der Waals surface area contributed by atoms with E-state index >= 15 is 0 Å². The predicted octanol–water partition coefficient (Wildman–Crippen LogP) is 0.661. The standard InChI is InChI=1S/C15H22N2O2/c1-15(2,12-6-4-3-5-7-12)14(19)17-9-11-8-16-10-13(11)18/h3-7,11,13,16,18H,8-10H2,1-2H3,(H,17,19). The lowest BCUT2D eigenvalue weighted by Gasteiger charge is -2.25. The van der Waals surface area contributed by atoms with Crippen molar-refractivity contribution in [2.75, 3.05) is 19.6 Å². The van der Waals surface area contributed by atoms with Gasteiger partial charge in [-0.05, 0) is 19.4 Å². The summed E-state index contributed by atoms with van der Waals surface area (Å²) in [6.07, 6.45) is -0.361. The number of amides is 1. The van der Waals surface area contributed by atoms with Crippen molar-refractivity contribution < 1.29 is 9.90 Å². The van der Waals surface area contributed by atoms with Crippen LogP contribution in [0.4, 0.5) is 0 Å². The van der Waals surface area contributed by atoms with Crippen LogP contribution < -0.4 is 10.6 Å². The quantitative estimate of drug-likeness (QED) is 0.747. The van der Waals surface area contributed by atoms with E-state index in [0.717, 1.165) is 12.1 Å². The van der Waals surface area contributed by atoms with Crippen molar-refractivity contribution in [3.8, 4) is 0 Å². The second kappa shape index (κ2) is 5.72. The lowest BCUT2D eigenvalue weighted by atomic mass is 9.83. The topological polar surface area (TPSA) is 61.4 Å². The van der Waals surface area contributed by atoms with Gasteiger partial charge in [-0.15, -0.1) is 0 Å². The summed E-state index contributed by atoms with van der Waals surface area (Å²) in [6.45, 7) is 5.72. The summed E-state index contributed by atoms with van der Waals surface area (Å²) >= 11 is 0. The van der Waals surface area contributed by atoms with Crippen molar-refractivity contribution in [3.05, 3.63) is 35.9 Å². The highest BCUT2D eigenvalue weighted by Gasteiger charge is 2.31. The van der Waals surface area contributed by atoms with Crippen molar-refractivity contribution in [2.45, 2.75) is 25.4 Å². The first-order chi connectivity index (χ1) is 9.01. The van der Waals surface area contributed by atoms with E-state index in [9.17, 15) is 9.90 Å². The second-order valence-corrected chi connectivity index (χ2v) is 5.69. The van der Waals surface area contributed by atoms with Gasteiger partial charge < -0.3 is 15.7 Å². The van der Waals surface area contributed by atoms with E-state index in [1.807, 2.05) is 44.2 Å². The van der Waals surface area contributed by atoms with Gasteiger partial charge in [-0.2, -0.15) is 0 Å². The molecule has 1 aromatic rings. The molecule has 1 amide bonds. The highest BCUT2D eigenvalue weighted by Crippen LogP contribution is 2.23. The van der Waals surface area contributed by atoms with Gasteiger partial charge in [-0.1, -0.05) is 30.3 Å². The zero-order valence-electron chi connectivity index (χ0n) is 11.5. The Hall–Kier alpha value is -1.39. The number of aliphatic hydroxyl groups is 1. The fourth-order valence-corrected chi connectivity index (χ4v) is 2.36. The molecule has 1 saturated heterocycles. The molecule has 3 N–H and O–H groups in total. The summed E-state index contributed by atoms with van der Waals surface area (Å²) in [5.41, 5.74) is 0.440. The van der Waals surface area contributed by atoms with Gasteiger partial charge in [0.2, 0.25) is 5.91 Å². The van der Waals surface area contributed by atoms with E-state index < -0.39 is 5.41 Å². The maximum Gasteiger partial charge on any atom is 0.230 e. The largest absolute Gasteiger partial charge is 0.391 e. The van der Waals surface area contributed by atoms with Crippen LogP contribution in [0.3, 0.4) is 0 Å². The molecule has 1 heterocycles. The molecule has 104 valence electrons. The molecule has 1 aliphatic heterocycles. The van der Waals surface area contributed by atoms with Crippen LogP contribution in [0.5, 0.6) is 0 Å². The Morgan fingerprint density at radius 1 is 1.37 bits per heavy atom. The van der Waals surface area contributed by atoms with Gasteiger partial charge in [-0.25, -0.2) is 0 Å². The minimum atomic E-state index is -0.557. The first-order valence-corrected chi connectivity index (χ1v) is 6.74. The van der Waals surface area contributed by atoms with Crippen molar-refractivity contribution in [1.82, 2.24) is 10.6 Å². The van der Waals surface area contributed by atoms with Gasteiger partial charge in [0.15, 0.2) is 0 Å². The van der Waals surface area contributed by atoms with Crippen molar-refractivity contribution in [1.29, 1.82) is 0 Å². The molecule has 4 nitrogen and oxygen atoms in total. The number of carbonyl (C=O) groups excluding carboxylic acids is 1. The third-order valence-corrected chi connectivity index (χ3v) is 3.89. The molecule has 19 heavy (non-hydrogen) atoms. The number of benzene rings is 1. The van der Waals surface area contributed by atoms with Gasteiger partial charge in [-0.3, -0.25) is 4.79 Å². The van der Waals surface area contributed by atoms with E-state index in [1.165, 1.54) is 0 Å². The Balaban J connectivity index is 1.95. The molecule has 4 heteroatoms. The number of aliphatic hydroxyl groups excluding tert-OH is 1. The second-order valence-electron chi connectivity index (χ2n) is 5.69. The summed E-state index contributed by atoms with van der Waals surface area (Å²) in [4.78, 5) is 12.3. The molecule has 2 unspecified atom stereocenters. The maximum absolute atomic E-state index is 12.3. The molecule has 0 aliphatic carbocycles. The fraction of sp³-hybridized carbons (Fsp3) is 0.533. The van der Waals surface area contributed by atoms with Gasteiger partial charge in [0.25, 0.3) is 0 Å². The van der Waals surface area contributed by atoms with Gasteiger partial charge >= 0.3 is 0 Å². The molecule has 2 atom stereocenters. The molecule has 1 aromatic carbocycles. The van der Waals surface area contributed by atoms with Crippen LogP contribution in [0.1, 0.15) is 19.4 Å². The summed E-state index contributed by atoms with van der Waals surface area (Å²) in [5, 5.41) is 15.8. The third-order valence-electron chi connectivity index (χ3n) is 3.89. The van der Waals surface area contributed by atoms with E-state index in [0.29, 0.717) is 13.1 Å². The number of rotatable bonds is 4. The van der Waals surface area contributed by atoms with Gasteiger partial charge in [0, 0.05) is 25.6 Å². The molecule has 0 aromatic heterocycles. The van der Waals surface area contributed by atoms with E-state index in [2.05, 4.69) is 10.6 Å². The average molecular weight is 262 g/mol. The Kier molecular flexibility index (Phi) is 4.22. The first-order valence-electron chi connectivity index (χ1n) is 6.74. The lowest BCUT2D eigenvalue weighted by Crippen LogP contribution is -2.43. The van der Waals surface area contributed by atoms with Crippen LogP contribution in [0.25, 0.3) is 0 Å². The highest BCUT2D eigenvalue weighted by molar-refractivity contribution is 5.87. The zero-order valence-corrected chi connectivity index (χ0v) is 11.5. The third kappa shape index (κ3) is 3.14. The molecule has 1 fully saturated rings. The monoisotopic (exact) mass is 262 g/mol. The molecule has 2 rings (SSSR count). The summed E-state index contributed by atoms with van der Waals surface area (Å²) in [5.74, 6) is 0.105. The van der Waals surface area contributed by atoms with Crippen LogP contribution in [0, 0.1) is 5.92 Å². The summed E-state index contributed by atoms with van der Waals surface area (Å²) in [6, 6.07) is 9.75. The predicted molar refractivity (Wildman–Crippen MR) is 74.8 cm³/mol. The lowest BCUT2D eigenvalue weighted by molar-refractivity contribution is -0.125. The van der Waals surface area contributed by atoms with Gasteiger partial charge in [0.05, 0.1) is 11.5 Å².